The number of rotatable bonds is 3. The van der Waals surface area contributed by atoms with Gasteiger partial charge in [-0.1, -0.05) is 36.8 Å². The molecule has 2 heterocycles. The first-order chi connectivity index (χ1) is 10.0. The van der Waals surface area contributed by atoms with Gasteiger partial charge in [-0.25, -0.2) is 4.79 Å². The summed E-state index contributed by atoms with van der Waals surface area (Å²) < 4.78 is 3.70. The molecule has 0 saturated heterocycles. The van der Waals surface area contributed by atoms with E-state index in [0.29, 0.717) is 6.54 Å². The van der Waals surface area contributed by atoms with Crippen molar-refractivity contribution in [2.45, 2.75) is 33.7 Å². The fourth-order valence-corrected chi connectivity index (χ4v) is 4.14. The highest BCUT2D eigenvalue weighted by molar-refractivity contribution is 7.18. The molecule has 0 N–H and O–H groups in total. The van der Waals surface area contributed by atoms with Gasteiger partial charge in [0.05, 0.1) is 12.1 Å². The second-order valence-corrected chi connectivity index (χ2v) is 6.76. The molecule has 0 saturated carbocycles. The van der Waals surface area contributed by atoms with Gasteiger partial charge in [0.25, 0.3) is 0 Å². The molecule has 0 bridgehead atoms. The van der Waals surface area contributed by atoms with Gasteiger partial charge in [-0.2, -0.15) is 0 Å². The number of thiophene rings is 1. The average Bonchev–Trinajstić information content (AvgIpc) is 2.90. The van der Waals surface area contributed by atoms with Crippen LogP contribution in [0, 0.1) is 13.8 Å². The molecule has 0 amide bonds. The predicted molar refractivity (Wildman–Crippen MR) is 89.5 cm³/mol. The highest BCUT2D eigenvalue weighted by atomic mass is 32.1. The molecule has 21 heavy (non-hydrogen) atoms. The molecule has 3 nitrogen and oxygen atoms in total. The predicted octanol–water partition coefficient (Wildman–Crippen LogP) is 3.63. The summed E-state index contributed by atoms with van der Waals surface area (Å²) in [7, 11) is 1.88. The zero-order valence-electron chi connectivity index (χ0n) is 12.9. The van der Waals surface area contributed by atoms with Crippen LogP contribution in [0.2, 0.25) is 0 Å². The number of nitrogens with zero attached hydrogens (tertiary/aromatic N) is 2. The standard InChI is InChI=1S/C17H20N2OS/c1-5-14-12(3)21-16-15(14)18(4)17(20)19(16)10-13-8-6-11(2)7-9-13/h6-9H,5,10H2,1-4H3. The Morgan fingerprint density at radius 3 is 2.43 bits per heavy atom. The lowest BCUT2D eigenvalue weighted by atomic mass is 10.1. The van der Waals surface area contributed by atoms with Crippen molar-refractivity contribution in [1.82, 2.24) is 9.13 Å². The van der Waals surface area contributed by atoms with Crippen molar-refractivity contribution in [3.8, 4) is 0 Å². The van der Waals surface area contributed by atoms with E-state index in [1.54, 1.807) is 15.9 Å². The average molecular weight is 300 g/mol. The Hall–Kier alpha value is -1.81. The minimum absolute atomic E-state index is 0.0755. The Balaban J connectivity index is 2.16. The molecule has 0 aliphatic rings. The Kier molecular flexibility index (Phi) is 3.49. The Morgan fingerprint density at radius 2 is 1.81 bits per heavy atom. The smallest absolute Gasteiger partial charge is 0.294 e. The molecule has 1 aromatic carbocycles. The van der Waals surface area contributed by atoms with Crippen molar-refractivity contribution < 1.29 is 0 Å². The number of aryl methyl sites for hydroxylation is 4. The van der Waals surface area contributed by atoms with E-state index in [-0.39, 0.29) is 5.69 Å². The zero-order chi connectivity index (χ0) is 15.1. The van der Waals surface area contributed by atoms with Gasteiger partial charge in [-0.05, 0) is 31.4 Å². The van der Waals surface area contributed by atoms with Crippen LogP contribution < -0.4 is 5.69 Å². The lowest BCUT2D eigenvalue weighted by Gasteiger charge is -2.03. The largest absolute Gasteiger partial charge is 0.329 e. The van der Waals surface area contributed by atoms with Crippen molar-refractivity contribution in [2.75, 3.05) is 0 Å². The van der Waals surface area contributed by atoms with Gasteiger partial charge < -0.3 is 0 Å². The minimum Gasteiger partial charge on any atom is -0.294 e. The van der Waals surface area contributed by atoms with Crippen molar-refractivity contribution in [1.29, 1.82) is 0 Å². The molecule has 4 heteroatoms. The molecular weight excluding hydrogens is 280 g/mol. The Morgan fingerprint density at radius 1 is 1.14 bits per heavy atom. The van der Waals surface area contributed by atoms with E-state index in [0.717, 1.165) is 16.8 Å². The van der Waals surface area contributed by atoms with E-state index in [1.807, 2.05) is 11.6 Å². The Bertz CT molecular complexity index is 850. The number of imidazole rings is 1. The molecule has 0 atom stereocenters. The van der Waals surface area contributed by atoms with Crippen LogP contribution in [0.5, 0.6) is 0 Å². The second-order valence-electron chi connectivity index (χ2n) is 5.56. The highest BCUT2D eigenvalue weighted by Gasteiger charge is 2.18. The fourth-order valence-electron chi connectivity index (χ4n) is 2.88. The van der Waals surface area contributed by atoms with E-state index in [1.165, 1.54) is 21.6 Å². The molecule has 3 rings (SSSR count). The fraction of sp³-hybridized carbons (Fsp3) is 0.353. The van der Waals surface area contributed by atoms with Crippen LogP contribution in [-0.2, 0) is 20.0 Å². The SMILES string of the molecule is CCc1c(C)sc2c1n(C)c(=O)n2Cc1ccc(C)cc1. The third-order valence-corrected chi connectivity index (χ3v) is 5.24. The molecular formula is C17H20N2OS. The zero-order valence-corrected chi connectivity index (χ0v) is 13.8. The van der Waals surface area contributed by atoms with Gasteiger partial charge in [0.1, 0.15) is 4.83 Å². The summed E-state index contributed by atoms with van der Waals surface area (Å²) in [5.41, 5.74) is 4.89. The van der Waals surface area contributed by atoms with Gasteiger partial charge in [0.15, 0.2) is 0 Å². The van der Waals surface area contributed by atoms with Crippen LogP contribution in [0.15, 0.2) is 29.1 Å². The lowest BCUT2D eigenvalue weighted by molar-refractivity contribution is 0.737. The second kappa shape index (κ2) is 5.19. The number of hydrogen-bond donors (Lipinski definition) is 0. The number of hydrogen-bond acceptors (Lipinski definition) is 2. The van der Waals surface area contributed by atoms with E-state index in [4.69, 9.17) is 0 Å². The first-order valence-corrected chi connectivity index (χ1v) is 8.07. The Labute approximate surface area is 128 Å². The van der Waals surface area contributed by atoms with Gasteiger partial charge in [0.2, 0.25) is 0 Å². The van der Waals surface area contributed by atoms with E-state index >= 15 is 0 Å². The number of aromatic nitrogens is 2. The van der Waals surface area contributed by atoms with Gasteiger partial charge in [0, 0.05) is 11.9 Å². The molecule has 0 fully saturated rings. The quantitative estimate of drug-likeness (QED) is 0.725. The maximum absolute atomic E-state index is 12.5. The number of benzene rings is 1. The summed E-state index contributed by atoms with van der Waals surface area (Å²) in [6.45, 7) is 7.01. The van der Waals surface area contributed by atoms with Gasteiger partial charge in [-0.3, -0.25) is 9.13 Å². The normalized spacial score (nSPS) is 11.4. The molecule has 3 aromatic rings. The maximum Gasteiger partial charge on any atom is 0.329 e. The lowest BCUT2D eigenvalue weighted by Crippen LogP contribution is -2.22. The molecule has 0 aliphatic heterocycles. The summed E-state index contributed by atoms with van der Waals surface area (Å²) in [4.78, 5) is 14.9. The summed E-state index contributed by atoms with van der Waals surface area (Å²) in [6.07, 6.45) is 0.966. The van der Waals surface area contributed by atoms with Crippen LogP contribution in [-0.4, -0.2) is 9.13 Å². The van der Waals surface area contributed by atoms with E-state index < -0.39 is 0 Å². The van der Waals surface area contributed by atoms with Gasteiger partial charge in [-0.15, -0.1) is 11.3 Å². The third kappa shape index (κ3) is 2.23. The monoisotopic (exact) mass is 300 g/mol. The van der Waals surface area contributed by atoms with Crippen molar-refractivity contribution in [3.63, 3.8) is 0 Å². The highest BCUT2D eigenvalue weighted by Crippen LogP contribution is 2.30. The van der Waals surface area contributed by atoms with Crippen LogP contribution in [0.25, 0.3) is 10.3 Å². The molecule has 0 aliphatic carbocycles. The molecule has 110 valence electrons. The molecule has 0 unspecified atom stereocenters. The van der Waals surface area contributed by atoms with Crippen LogP contribution >= 0.6 is 11.3 Å². The molecule has 2 aromatic heterocycles. The topological polar surface area (TPSA) is 26.9 Å². The van der Waals surface area contributed by atoms with Gasteiger partial charge >= 0.3 is 5.69 Å². The molecule has 0 spiro atoms. The maximum atomic E-state index is 12.5. The summed E-state index contributed by atoms with van der Waals surface area (Å²) in [6, 6.07) is 8.39. The van der Waals surface area contributed by atoms with Crippen LogP contribution in [0.1, 0.15) is 28.5 Å². The summed E-state index contributed by atoms with van der Waals surface area (Å²) in [5.74, 6) is 0. The van der Waals surface area contributed by atoms with Crippen LogP contribution in [0.4, 0.5) is 0 Å². The summed E-state index contributed by atoms with van der Waals surface area (Å²) in [5, 5.41) is 0. The first-order valence-electron chi connectivity index (χ1n) is 7.26. The number of fused-ring (bicyclic) bond motifs is 1. The molecule has 0 radical (unpaired) electrons. The van der Waals surface area contributed by atoms with E-state index in [2.05, 4.69) is 45.0 Å². The van der Waals surface area contributed by atoms with E-state index in [9.17, 15) is 4.79 Å². The van der Waals surface area contributed by atoms with Crippen LogP contribution in [0.3, 0.4) is 0 Å². The van der Waals surface area contributed by atoms with Crippen molar-refractivity contribution in [3.05, 3.63) is 56.3 Å². The third-order valence-electron chi connectivity index (χ3n) is 4.08. The van der Waals surface area contributed by atoms with Crippen molar-refractivity contribution in [2.24, 2.45) is 7.05 Å². The minimum atomic E-state index is 0.0755. The summed E-state index contributed by atoms with van der Waals surface area (Å²) >= 11 is 1.73. The van der Waals surface area contributed by atoms with Crippen molar-refractivity contribution >= 4 is 21.7 Å². The first kappa shape index (κ1) is 14.1.